The largest absolute Gasteiger partial charge is 0.469 e. The molecule has 6 rings (SSSR count). The number of nitrogens with one attached hydrogen (secondary N) is 1. The number of nitrogens with zero attached hydrogens (tertiary/aromatic N) is 4. The first kappa shape index (κ1) is 38.4. The van der Waals surface area contributed by atoms with Crippen LogP contribution in [-0.4, -0.2) is 93.7 Å². The van der Waals surface area contributed by atoms with Crippen LogP contribution in [0.2, 0.25) is 0 Å². The number of aliphatic hydroxyl groups is 2. The van der Waals surface area contributed by atoms with Gasteiger partial charge < -0.3 is 29.7 Å². The van der Waals surface area contributed by atoms with Crippen LogP contribution in [0, 0.1) is 5.92 Å². The lowest BCUT2D eigenvalue weighted by atomic mass is 10.1. The summed E-state index contributed by atoms with van der Waals surface area (Å²) in [4.78, 5) is 54.1. The van der Waals surface area contributed by atoms with Crippen molar-refractivity contribution in [2.75, 3.05) is 34.5 Å². The van der Waals surface area contributed by atoms with Gasteiger partial charge in [-0.25, -0.2) is 19.6 Å². The number of amides is 1. The molecule has 2 unspecified atom stereocenters. The molecule has 2 aromatic heterocycles. The highest BCUT2D eigenvalue weighted by Crippen LogP contribution is 2.20. The van der Waals surface area contributed by atoms with E-state index in [9.17, 15) is 19.2 Å². The van der Waals surface area contributed by atoms with Crippen molar-refractivity contribution in [3.05, 3.63) is 121 Å². The Bertz CT molecular complexity index is 2110. The number of esters is 3. The van der Waals surface area contributed by atoms with E-state index in [-0.39, 0.29) is 24.5 Å². The van der Waals surface area contributed by atoms with Crippen molar-refractivity contribution in [1.29, 1.82) is 0 Å². The van der Waals surface area contributed by atoms with E-state index in [2.05, 4.69) is 29.5 Å². The third-order valence-corrected chi connectivity index (χ3v) is 7.73. The Morgan fingerprint density at radius 3 is 1.50 bits per heavy atom. The topological polar surface area (TPSA) is 184 Å². The monoisotopic (exact) mass is 709 g/mol. The van der Waals surface area contributed by atoms with Gasteiger partial charge in [-0.1, -0.05) is 24.3 Å². The van der Waals surface area contributed by atoms with E-state index < -0.39 is 24.5 Å². The molecule has 3 N–H and O–H groups in total. The van der Waals surface area contributed by atoms with Gasteiger partial charge in [0.25, 0.3) is 5.91 Å². The maximum absolute atomic E-state index is 12.2. The summed E-state index contributed by atoms with van der Waals surface area (Å²) in [6.45, 7) is 0.927. The fourth-order valence-corrected chi connectivity index (χ4v) is 4.82. The molecule has 270 valence electrons. The van der Waals surface area contributed by atoms with Crippen LogP contribution < -0.4 is 5.32 Å². The molecular formula is C38H39N5O9. The Balaban J connectivity index is 0.000000197. The molecule has 1 amide bonds. The molecule has 52 heavy (non-hydrogen) atoms. The van der Waals surface area contributed by atoms with Crippen molar-refractivity contribution >= 4 is 45.9 Å². The SMILES string of the molecule is COC(=O)C(C)CO.COC(=O)C(CO)NC(=O)c1ccc(-n2cnc3ccccc32)cc1.COC(=O)c1ccc(-n2cnc3ccccc32)cc1. The van der Waals surface area contributed by atoms with Crippen molar-refractivity contribution in [3.63, 3.8) is 0 Å². The van der Waals surface area contributed by atoms with E-state index in [1.54, 1.807) is 56.0 Å². The van der Waals surface area contributed by atoms with Gasteiger partial charge in [0.15, 0.2) is 6.04 Å². The van der Waals surface area contributed by atoms with Crippen LogP contribution in [0.3, 0.4) is 0 Å². The van der Waals surface area contributed by atoms with Gasteiger partial charge in [0, 0.05) is 16.9 Å². The first-order valence-electron chi connectivity index (χ1n) is 16.0. The summed E-state index contributed by atoms with van der Waals surface area (Å²) in [6.07, 6.45) is 3.50. The summed E-state index contributed by atoms with van der Waals surface area (Å²) in [5.74, 6) is -2.25. The van der Waals surface area contributed by atoms with Crippen molar-refractivity contribution in [3.8, 4) is 11.4 Å². The molecule has 2 atom stereocenters. The summed E-state index contributed by atoms with van der Waals surface area (Å²) in [6, 6.07) is 28.7. The number of aliphatic hydroxyl groups excluding tert-OH is 2. The van der Waals surface area contributed by atoms with Crippen LogP contribution in [-0.2, 0) is 23.8 Å². The summed E-state index contributed by atoms with van der Waals surface area (Å²) in [5, 5.41) is 19.9. The fraction of sp³-hybridized carbons (Fsp3) is 0.211. The Morgan fingerprint density at radius 1 is 0.635 bits per heavy atom. The van der Waals surface area contributed by atoms with Gasteiger partial charge in [0.2, 0.25) is 0 Å². The van der Waals surface area contributed by atoms with E-state index in [4.69, 9.17) is 10.2 Å². The molecule has 14 heteroatoms. The zero-order valence-electron chi connectivity index (χ0n) is 29.0. The lowest BCUT2D eigenvalue weighted by molar-refractivity contribution is -0.146. The van der Waals surface area contributed by atoms with Gasteiger partial charge in [-0.05, 0) is 79.7 Å². The molecule has 0 aliphatic rings. The molecule has 0 aliphatic carbocycles. The molecule has 0 spiro atoms. The van der Waals surface area contributed by atoms with Crippen LogP contribution in [0.5, 0.6) is 0 Å². The second kappa shape index (κ2) is 18.6. The predicted octanol–water partition coefficient (Wildman–Crippen LogP) is 3.89. The highest BCUT2D eigenvalue weighted by molar-refractivity contribution is 5.97. The molecule has 0 bridgehead atoms. The van der Waals surface area contributed by atoms with E-state index in [0.29, 0.717) is 11.1 Å². The van der Waals surface area contributed by atoms with Crippen LogP contribution in [0.15, 0.2) is 110 Å². The lowest BCUT2D eigenvalue weighted by Gasteiger charge is -2.14. The number of hydrogen-bond acceptors (Lipinski definition) is 11. The van der Waals surface area contributed by atoms with E-state index in [0.717, 1.165) is 33.4 Å². The number of methoxy groups -OCH3 is 3. The normalized spacial score (nSPS) is 11.6. The molecule has 0 radical (unpaired) electrons. The van der Waals surface area contributed by atoms with Crippen molar-refractivity contribution in [2.24, 2.45) is 5.92 Å². The Labute approximate surface area is 299 Å². The minimum atomic E-state index is -1.09. The molecule has 2 heterocycles. The average Bonchev–Trinajstić information content (AvgIpc) is 3.84. The summed E-state index contributed by atoms with van der Waals surface area (Å²) in [5.41, 5.74) is 6.55. The Morgan fingerprint density at radius 2 is 1.10 bits per heavy atom. The number of benzene rings is 4. The zero-order valence-corrected chi connectivity index (χ0v) is 29.0. The molecule has 6 aromatic rings. The predicted molar refractivity (Wildman–Crippen MR) is 192 cm³/mol. The van der Waals surface area contributed by atoms with Crippen LogP contribution >= 0.6 is 0 Å². The first-order chi connectivity index (χ1) is 25.1. The standard InChI is InChI=1S/C18H17N3O4.C15H12N2O2.C5H10O3/c1-25-18(24)15(10-22)20-17(23)12-6-8-13(9-7-12)21-11-19-14-4-2-3-5-16(14)21;1-19-15(18)11-6-8-12(9-7-11)17-10-16-13-4-2-3-5-14(13)17;1-4(3-6)5(7)8-2/h2-9,11,15,22H,10H2,1H3,(H,20,23);2-10H,1H3;4,6H,3H2,1-2H3. The Hall–Kier alpha value is -6.38. The van der Waals surface area contributed by atoms with E-state index in [1.165, 1.54) is 21.3 Å². The number of imidazole rings is 2. The van der Waals surface area contributed by atoms with Crippen LogP contribution in [0.4, 0.5) is 0 Å². The molecule has 0 saturated carbocycles. The molecular weight excluding hydrogens is 670 g/mol. The number of rotatable bonds is 9. The maximum atomic E-state index is 12.2. The first-order valence-corrected chi connectivity index (χ1v) is 16.0. The molecule has 0 saturated heterocycles. The molecule has 0 aliphatic heterocycles. The second-order valence-electron chi connectivity index (χ2n) is 11.1. The quantitative estimate of drug-likeness (QED) is 0.146. The van der Waals surface area contributed by atoms with Crippen LogP contribution in [0.1, 0.15) is 27.6 Å². The van der Waals surface area contributed by atoms with Gasteiger partial charge in [0.05, 0.1) is 68.1 Å². The molecule has 14 nitrogen and oxygen atoms in total. The number of carbonyl (C=O) groups is 4. The van der Waals surface area contributed by atoms with Gasteiger partial charge in [-0.3, -0.25) is 18.7 Å². The van der Waals surface area contributed by atoms with Crippen molar-refractivity contribution in [1.82, 2.24) is 24.4 Å². The smallest absolute Gasteiger partial charge is 0.337 e. The van der Waals surface area contributed by atoms with E-state index in [1.807, 2.05) is 69.8 Å². The number of aromatic nitrogens is 4. The minimum Gasteiger partial charge on any atom is -0.469 e. The summed E-state index contributed by atoms with van der Waals surface area (Å²) in [7, 11) is 3.87. The highest BCUT2D eigenvalue weighted by Gasteiger charge is 2.21. The summed E-state index contributed by atoms with van der Waals surface area (Å²) >= 11 is 0. The van der Waals surface area contributed by atoms with Crippen molar-refractivity contribution in [2.45, 2.75) is 13.0 Å². The van der Waals surface area contributed by atoms with Gasteiger partial charge >= 0.3 is 17.9 Å². The maximum Gasteiger partial charge on any atom is 0.337 e. The number of fused-ring (bicyclic) bond motifs is 2. The third-order valence-electron chi connectivity index (χ3n) is 7.73. The zero-order chi connectivity index (χ0) is 37.6. The Kier molecular flexibility index (Phi) is 13.7. The second-order valence-corrected chi connectivity index (χ2v) is 11.1. The molecule has 0 fully saturated rings. The van der Waals surface area contributed by atoms with E-state index >= 15 is 0 Å². The third kappa shape index (κ3) is 9.44. The summed E-state index contributed by atoms with van der Waals surface area (Å²) < 4.78 is 17.4. The van der Waals surface area contributed by atoms with Gasteiger partial charge in [-0.15, -0.1) is 0 Å². The number of para-hydroxylation sites is 4. The van der Waals surface area contributed by atoms with Crippen molar-refractivity contribution < 1.29 is 43.6 Å². The lowest BCUT2D eigenvalue weighted by Crippen LogP contribution is -2.44. The van der Waals surface area contributed by atoms with Crippen LogP contribution in [0.25, 0.3) is 33.4 Å². The minimum absolute atomic E-state index is 0.146. The number of carbonyl (C=O) groups excluding carboxylic acids is 4. The number of hydrogen-bond donors (Lipinski definition) is 3. The fourth-order valence-electron chi connectivity index (χ4n) is 4.82. The average molecular weight is 710 g/mol. The highest BCUT2D eigenvalue weighted by atomic mass is 16.5. The number of ether oxygens (including phenoxy) is 3. The van der Waals surface area contributed by atoms with Gasteiger partial charge in [0.1, 0.15) is 12.7 Å². The molecule has 4 aromatic carbocycles. The van der Waals surface area contributed by atoms with Gasteiger partial charge in [-0.2, -0.15) is 0 Å².